The van der Waals surface area contributed by atoms with Crippen LogP contribution < -0.4 is 5.32 Å². The molecule has 0 saturated heterocycles. The highest BCUT2D eigenvalue weighted by molar-refractivity contribution is 6.30. The van der Waals surface area contributed by atoms with Gasteiger partial charge in [-0.05, 0) is 38.5 Å². The smallest absolute Gasteiger partial charge is 0.267 e. The van der Waals surface area contributed by atoms with E-state index in [2.05, 4.69) is 10.5 Å². The van der Waals surface area contributed by atoms with Gasteiger partial charge in [0.1, 0.15) is 0 Å². The van der Waals surface area contributed by atoms with E-state index in [-0.39, 0.29) is 11.9 Å². The standard InChI is InChI=1S/C14H17ClN2O2/c1-9(2)16-13(18)14(3)8-12(17-19-14)10-4-6-11(15)7-5-10/h4-7,9H,8H2,1-3H3,(H,16,18). The number of oxime groups is 1. The van der Waals surface area contributed by atoms with Crippen molar-refractivity contribution in [3.63, 3.8) is 0 Å². The lowest BCUT2D eigenvalue weighted by atomic mass is 9.95. The molecular weight excluding hydrogens is 264 g/mol. The Hall–Kier alpha value is -1.55. The van der Waals surface area contributed by atoms with E-state index in [1.165, 1.54) is 0 Å². The van der Waals surface area contributed by atoms with Crippen molar-refractivity contribution in [2.24, 2.45) is 5.16 Å². The fourth-order valence-electron chi connectivity index (χ4n) is 1.87. The highest BCUT2D eigenvalue weighted by Gasteiger charge is 2.42. The van der Waals surface area contributed by atoms with E-state index in [9.17, 15) is 4.79 Å². The molecule has 0 saturated carbocycles. The lowest BCUT2D eigenvalue weighted by Gasteiger charge is -2.21. The first-order chi connectivity index (χ1) is 8.90. The quantitative estimate of drug-likeness (QED) is 0.925. The third-order valence-electron chi connectivity index (χ3n) is 2.94. The second-order valence-corrected chi connectivity index (χ2v) is 5.61. The summed E-state index contributed by atoms with van der Waals surface area (Å²) in [5.41, 5.74) is 0.753. The molecule has 1 amide bonds. The zero-order valence-electron chi connectivity index (χ0n) is 11.2. The highest BCUT2D eigenvalue weighted by atomic mass is 35.5. The minimum atomic E-state index is -0.931. The molecule has 0 radical (unpaired) electrons. The Bertz CT molecular complexity index is 511. The Morgan fingerprint density at radius 3 is 2.63 bits per heavy atom. The van der Waals surface area contributed by atoms with Gasteiger partial charge in [0.15, 0.2) is 0 Å². The molecule has 0 bridgehead atoms. The normalized spacial score (nSPS) is 22.1. The lowest BCUT2D eigenvalue weighted by Crippen LogP contribution is -2.47. The Morgan fingerprint density at radius 2 is 2.05 bits per heavy atom. The van der Waals surface area contributed by atoms with Gasteiger partial charge < -0.3 is 10.2 Å². The van der Waals surface area contributed by atoms with Gasteiger partial charge in [0.2, 0.25) is 5.60 Å². The lowest BCUT2D eigenvalue weighted by molar-refractivity contribution is -0.142. The first kappa shape index (κ1) is 13.9. The van der Waals surface area contributed by atoms with E-state index in [4.69, 9.17) is 16.4 Å². The van der Waals surface area contributed by atoms with E-state index in [0.717, 1.165) is 11.3 Å². The van der Waals surface area contributed by atoms with Crippen molar-refractivity contribution in [3.8, 4) is 0 Å². The Balaban J connectivity index is 2.09. The number of amides is 1. The SMILES string of the molecule is CC(C)NC(=O)C1(C)CC(c2ccc(Cl)cc2)=NO1. The number of hydrogen-bond acceptors (Lipinski definition) is 3. The van der Waals surface area contributed by atoms with Crippen molar-refractivity contribution in [1.29, 1.82) is 0 Å². The van der Waals surface area contributed by atoms with Gasteiger partial charge in [0.25, 0.3) is 5.91 Å². The summed E-state index contributed by atoms with van der Waals surface area (Å²) in [5.74, 6) is -0.143. The zero-order valence-corrected chi connectivity index (χ0v) is 12.0. The molecule has 1 aromatic carbocycles. The summed E-state index contributed by atoms with van der Waals surface area (Å²) < 4.78 is 0. The first-order valence-electron chi connectivity index (χ1n) is 6.23. The van der Waals surface area contributed by atoms with Crippen LogP contribution in [0.25, 0.3) is 0 Å². The monoisotopic (exact) mass is 280 g/mol. The average molecular weight is 281 g/mol. The highest BCUT2D eigenvalue weighted by Crippen LogP contribution is 2.27. The fraction of sp³-hybridized carbons (Fsp3) is 0.429. The maximum atomic E-state index is 12.1. The molecule has 1 heterocycles. The van der Waals surface area contributed by atoms with Crippen molar-refractivity contribution in [2.45, 2.75) is 38.8 Å². The fourth-order valence-corrected chi connectivity index (χ4v) is 2.00. The first-order valence-corrected chi connectivity index (χ1v) is 6.60. The summed E-state index contributed by atoms with van der Waals surface area (Å²) in [6.45, 7) is 5.57. The van der Waals surface area contributed by atoms with Crippen LogP contribution in [-0.4, -0.2) is 23.3 Å². The number of rotatable bonds is 3. The van der Waals surface area contributed by atoms with Crippen LogP contribution in [0.5, 0.6) is 0 Å². The summed E-state index contributed by atoms with van der Waals surface area (Å²) in [7, 11) is 0. The third-order valence-corrected chi connectivity index (χ3v) is 3.19. The molecule has 1 aromatic rings. The molecule has 0 spiro atoms. The second kappa shape index (κ2) is 5.21. The van der Waals surface area contributed by atoms with Crippen molar-refractivity contribution < 1.29 is 9.63 Å². The summed E-state index contributed by atoms with van der Waals surface area (Å²) in [5, 5.41) is 7.55. The molecule has 102 valence electrons. The molecule has 1 aliphatic heterocycles. The number of carbonyl (C=O) groups is 1. The topological polar surface area (TPSA) is 50.7 Å². The molecule has 19 heavy (non-hydrogen) atoms. The molecule has 5 heteroatoms. The minimum Gasteiger partial charge on any atom is -0.379 e. The Labute approximate surface area is 117 Å². The predicted octanol–water partition coefficient (Wildman–Crippen LogP) is 2.75. The Kier molecular flexibility index (Phi) is 3.80. The summed E-state index contributed by atoms with van der Waals surface area (Å²) in [4.78, 5) is 17.4. The number of carbonyl (C=O) groups excluding carboxylic acids is 1. The Morgan fingerprint density at radius 1 is 1.42 bits per heavy atom. The minimum absolute atomic E-state index is 0.0764. The molecule has 4 nitrogen and oxygen atoms in total. The van der Waals surface area contributed by atoms with Gasteiger partial charge >= 0.3 is 0 Å². The molecule has 0 aliphatic carbocycles. The van der Waals surface area contributed by atoms with Gasteiger partial charge in [-0.2, -0.15) is 0 Å². The van der Waals surface area contributed by atoms with Gasteiger partial charge in [0, 0.05) is 17.5 Å². The zero-order chi connectivity index (χ0) is 14.0. The molecule has 1 unspecified atom stereocenters. The van der Waals surface area contributed by atoms with Gasteiger partial charge in [-0.3, -0.25) is 4.79 Å². The predicted molar refractivity (Wildman–Crippen MR) is 75.4 cm³/mol. The molecule has 0 fully saturated rings. The van der Waals surface area contributed by atoms with E-state index in [1.54, 1.807) is 19.1 Å². The van der Waals surface area contributed by atoms with Crippen LogP contribution in [0.15, 0.2) is 29.4 Å². The van der Waals surface area contributed by atoms with Crippen molar-refractivity contribution in [3.05, 3.63) is 34.9 Å². The molecule has 2 rings (SSSR count). The third kappa shape index (κ3) is 3.07. The second-order valence-electron chi connectivity index (χ2n) is 5.17. The maximum absolute atomic E-state index is 12.1. The van der Waals surface area contributed by atoms with Crippen LogP contribution in [-0.2, 0) is 9.63 Å². The van der Waals surface area contributed by atoms with Gasteiger partial charge in [-0.15, -0.1) is 0 Å². The van der Waals surface area contributed by atoms with Gasteiger partial charge in [0.05, 0.1) is 5.71 Å². The van der Waals surface area contributed by atoms with Crippen LogP contribution in [0.4, 0.5) is 0 Å². The van der Waals surface area contributed by atoms with Gasteiger partial charge in [-0.1, -0.05) is 28.9 Å². The van der Waals surface area contributed by atoms with Crippen LogP contribution >= 0.6 is 11.6 Å². The molecule has 1 atom stereocenters. The molecule has 1 N–H and O–H groups in total. The maximum Gasteiger partial charge on any atom is 0.267 e. The van der Waals surface area contributed by atoms with Crippen LogP contribution in [0.1, 0.15) is 32.8 Å². The largest absolute Gasteiger partial charge is 0.379 e. The number of halogens is 1. The van der Waals surface area contributed by atoms with Crippen molar-refractivity contribution in [1.82, 2.24) is 5.32 Å². The summed E-state index contributed by atoms with van der Waals surface area (Å²) in [6, 6.07) is 7.41. The van der Waals surface area contributed by atoms with E-state index in [0.29, 0.717) is 11.4 Å². The molecular formula is C14H17ClN2O2. The van der Waals surface area contributed by atoms with E-state index in [1.807, 2.05) is 26.0 Å². The van der Waals surface area contributed by atoms with Crippen LogP contribution in [0, 0.1) is 0 Å². The molecule has 0 aromatic heterocycles. The number of hydrogen-bond donors (Lipinski definition) is 1. The summed E-state index contributed by atoms with van der Waals surface area (Å²) in [6.07, 6.45) is 0.452. The van der Waals surface area contributed by atoms with Crippen LogP contribution in [0.3, 0.4) is 0 Å². The number of nitrogens with one attached hydrogen (secondary N) is 1. The van der Waals surface area contributed by atoms with Crippen molar-refractivity contribution >= 4 is 23.2 Å². The average Bonchev–Trinajstić information content (AvgIpc) is 2.73. The summed E-state index contributed by atoms with van der Waals surface area (Å²) >= 11 is 5.85. The van der Waals surface area contributed by atoms with E-state index < -0.39 is 5.60 Å². The van der Waals surface area contributed by atoms with Crippen molar-refractivity contribution in [2.75, 3.05) is 0 Å². The number of nitrogens with zero attached hydrogens (tertiary/aromatic N) is 1. The van der Waals surface area contributed by atoms with Crippen LogP contribution in [0.2, 0.25) is 5.02 Å². The number of benzene rings is 1. The van der Waals surface area contributed by atoms with Gasteiger partial charge in [-0.25, -0.2) is 0 Å². The molecule has 1 aliphatic rings. The van der Waals surface area contributed by atoms with E-state index >= 15 is 0 Å².